The summed E-state index contributed by atoms with van der Waals surface area (Å²) in [6, 6.07) is 4.93. The van der Waals surface area contributed by atoms with Crippen molar-refractivity contribution in [1.29, 1.82) is 0 Å². The first kappa shape index (κ1) is 12.9. The first-order valence-corrected chi connectivity index (χ1v) is 5.89. The van der Waals surface area contributed by atoms with Gasteiger partial charge in [0.2, 0.25) is 5.91 Å². The molecule has 5 N–H and O–H groups in total. The van der Waals surface area contributed by atoms with Gasteiger partial charge in [-0.3, -0.25) is 9.48 Å². The standard InChI is InChI=1S/C13H17N5O/c1-8-10(7-18(2)17-8)6-16-12-5-9(13(15)19)3-4-11(12)14/h3-5,7,16H,6,14H2,1-2H3,(H2,15,19). The van der Waals surface area contributed by atoms with Crippen molar-refractivity contribution < 1.29 is 4.79 Å². The first-order valence-electron chi connectivity index (χ1n) is 5.89. The Morgan fingerprint density at radius 1 is 1.47 bits per heavy atom. The minimum atomic E-state index is -0.472. The minimum absolute atomic E-state index is 0.430. The number of nitrogens with zero attached hydrogens (tertiary/aromatic N) is 2. The topological polar surface area (TPSA) is 99.0 Å². The molecule has 100 valence electrons. The molecule has 6 nitrogen and oxygen atoms in total. The molecule has 1 heterocycles. The summed E-state index contributed by atoms with van der Waals surface area (Å²) in [5, 5.41) is 7.46. The summed E-state index contributed by atoms with van der Waals surface area (Å²) in [5.41, 5.74) is 14.8. The second-order valence-corrected chi connectivity index (χ2v) is 4.43. The van der Waals surface area contributed by atoms with E-state index in [2.05, 4.69) is 10.4 Å². The molecule has 0 saturated carbocycles. The molecule has 0 aliphatic heterocycles. The third kappa shape index (κ3) is 2.85. The zero-order chi connectivity index (χ0) is 14.0. The minimum Gasteiger partial charge on any atom is -0.397 e. The summed E-state index contributed by atoms with van der Waals surface area (Å²) < 4.78 is 1.76. The Balaban J connectivity index is 2.17. The van der Waals surface area contributed by atoms with Crippen LogP contribution in [0.4, 0.5) is 11.4 Å². The molecule has 1 aromatic carbocycles. The Labute approximate surface area is 111 Å². The predicted molar refractivity (Wildman–Crippen MR) is 74.6 cm³/mol. The molecular weight excluding hydrogens is 242 g/mol. The van der Waals surface area contributed by atoms with Crippen LogP contribution in [0.3, 0.4) is 0 Å². The maximum atomic E-state index is 11.1. The molecule has 0 radical (unpaired) electrons. The van der Waals surface area contributed by atoms with Crippen molar-refractivity contribution in [2.45, 2.75) is 13.5 Å². The molecular formula is C13H17N5O. The first-order chi connectivity index (χ1) is 8.97. The van der Waals surface area contributed by atoms with Crippen molar-refractivity contribution in [3.63, 3.8) is 0 Å². The molecule has 19 heavy (non-hydrogen) atoms. The highest BCUT2D eigenvalue weighted by Gasteiger charge is 2.07. The number of nitrogen functional groups attached to an aromatic ring is 1. The summed E-state index contributed by atoms with van der Waals surface area (Å²) >= 11 is 0. The molecule has 0 aliphatic carbocycles. The molecule has 0 bridgehead atoms. The van der Waals surface area contributed by atoms with Gasteiger partial charge in [-0.25, -0.2) is 0 Å². The fourth-order valence-electron chi connectivity index (χ4n) is 1.88. The van der Waals surface area contributed by atoms with Gasteiger partial charge in [0.1, 0.15) is 0 Å². The van der Waals surface area contributed by atoms with Gasteiger partial charge < -0.3 is 16.8 Å². The van der Waals surface area contributed by atoms with E-state index in [0.717, 1.165) is 11.3 Å². The lowest BCUT2D eigenvalue weighted by atomic mass is 10.1. The number of benzene rings is 1. The Morgan fingerprint density at radius 3 is 2.79 bits per heavy atom. The number of aryl methyl sites for hydroxylation is 2. The Hall–Kier alpha value is -2.50. The summed E-state index contributed by atoms with van der Waals surface area (Å²) in [6.45, 7) is 2.53. The lowest BCUT2D eigenvalue weighted by molar-refractivity contribution is 0.100. The molecule has 1 amide bonds. The smallest absolute Gasteiger partial charge is 0.248 e. The van der Waals surface area contributed by atoms with Crippen LogP contribution in [-0.2, 0) is 13.6 Å². The van der Waals surface area contributed by atoms with Gasteiger partial charge in [-0.1, -0.05) is 0 Å². The third-order valence-corrected chi connectivity index (χ3v) is 2.92. The molecule has 0 spiro atoms. The van der Waals surface area contributed by atoms with E-state index in [1.165, 1.54) is 0 Å². The molecule has 0 unspecified atom stereocenters. The van der Waals surface area contributed by atoms with Crippen molar-refractivity contribution in [2.75, 3.05) is 11.1 Å². The van der Waals surface area contributed by atoms with Crippen LogP contribution in [0, 0.1) is 6.92 Å². The van der Waals surface area contributed by atoms with Crippen LogP contribution >= 0.6 is 0 Å². The summed E-state index contributed by atoms with van der Waals surface area (Å²) in [5.74, 6) is -0.472. The monoisotopic (exact) mass is 259 g/mol. The van der Waals surface area contributed by atoms with Crippen LogP contribution in [0.5, 0.6) is 0 Å². The van der Waals surface area contributed by atoms with Gasteiger partial charge in [0.15, 0.2) is 0 Å². The van der Waals surface area contributed by atoms with Crippen LogP contribution < -0.4 is 16.8 Å². The second-order valence-electron chi connectivity index (χ2n) is 4.43. The quantitative estimate of drug-likeness (QED) is 0.714. The number of carbonyl (C=O) groups excluding carboxylic acids is 1. The van der Waals surface area contributed by atoms with Crippen LogP contribution in [0.2, 0.25) is 0 Å². The SMILES string of the molecule is Cc1nn(C)cc1CNc1cc(C(N)=O)ccc1N. The van der Waals surface area contributed by atoms with Gasteiger partial charge in [0.25, 0.3) is 0 Å². The van der Waals surface area contributed by atoms with E-state index in [-0.39, 0.29) is 0 Å². The average Bonchev–Trinajstić information content (AvgIpc) is 2.66. The zero-order valence-electron chi connectivity index (χ0n) is 11.0. The van der Waals surface area contributed by atoms with Gasteiger partial charge in [-0.05, 0) is 25.1 Å². The number of hydrogen-bond donors (Lipinski definition) is 3. The molecule has 2 rings (SSSR count). The van der Waals surface area contributed by atoms with Crippen molar-refractivity contribution in [3.8, 4) is 0 Å². The number of hydrogen-bond acceptors (Lipinski definition) is 4. The highest BCUT2D eigenvalue weighted by molar-refractivity contribution is 5.94. The average molecular weight is 259 g/mol. The van der Waals surface area contributed by atoms with E-state index < -0.39 is 5.91 Å². The molecule has 0 fully saturated rings. The van der Waals surface area contributed by atoms with Gasteiger partial charge in [0, 0.05) is 30.9 Å². The summed E-state index contributed by atoms with van der Waals surface area (Å²) in [4.78, 5) is 11.1. The fourth-order valence-corrected chi connectivity index (χ4v) is 1.88. The number of amides is 1. The highest BCUT2D eigenvalue weighted by atomic mass is 16.1. The largest absolute Gasteiger partial charge is 0.397 e. The Morgan fingerprint density at radius 2 is 2.21 bits per heavy atom. The summed E-state index contributed by atoms with van der Waals surface area (Å²) in [6.07, 6.45) is 1.94. The number of nitrogens with one attached hydrogen (secondary N) is 1. The van der Waals surface area contributed by atoms with Crippen molar-refractivity contribution in [1.82, 2.24) is 9.78 Å². The van der Waals surface area contributed by atoms with Gasteiger partial charge in [-0.2, -0.15) is 5.10 Å². The van der Waals surface area contributed by atoms with Gasteiger partial charge in [0.05, 0.1) is 17.1 Å². The number of carbonyl (C=O) groups is 1. The molecule has 0 saturated heterocycles. The van der Waals surface area contributed by atoms with Crippen LogP contribution in [0.25, 0.3) is 0 Å². The fraction of sp³-hybridized carbons (Fsp3) is 0.231. The van der Waals surface area contributed by atoms with Crippen LogP contribution in [0.1, 0.15) is 21.6 Å². The van der Waals surface area contributed by atoms with E-state index in [1.807, 2.05) is 20.2 Å². The van der Waals surface area contributed by atoms with Gasteiger partial charge >= 0.3 is 0 Å². The van der Waals surface area contributed by atoms with Crippen LogP contribution in [-0.4, -0.2) is 15.7 Å². The van der Waals surface area contributed by atoms with E-state index in [9.17, 15) is 4.79 Å². The molecule has 6 heteroatoms. The maximum absolute atomic E-state index is 11.1. The normalized spacial score (nSPS) is 10.4. The Kier molecular flexibility index (Phi) is 3.41. The van der Waals surface area contributed by atoms with Crippen LogP contribution in [0.15, 0.2) is 24.4 Å². The number of rotatable bonds is 4. The number of aromatic nitrogens is 2. The lowest BCUT2D eigenvalue weighted by Crippen LogP contribution is -2.12. The number of anilines is 2. The Bertz CT molecular complexity index is 617. The van der Waals surface area contributed by atoms with E-state index >= 15 is 0 Å². The third-order valence-electron chi connectivity index (χ3n) is 2.92. The molecule has 1 aromatic heterocycles. The van der Waals surface area contributed by atoms with E-state index in [0.29, 0.717) is 23.5 Å². The van der Waals surface area contributed by atoms with Crippen molar-refractivity contribution in [3.05, 3.63) is 41.2 Å². The molecule has 0 atom stereocenters. The highest BCUT2D eigenvalue weighted by Crippen LogP contribution is 2.21. The number of primary amides is 1. The zero-order valence-corrected chi connectivity index (χ0v) is 11.0. The van der Waals surface area contributed by atoms with E-state index in [4.69, 9.17) is 11.5 Å². The van der Waals surface area contributed by atoms with Crippen molar-refractivity contribution >= 4 is 17.3 Å². The second kappa shape index (κ2) is 5.01. The number of nitrogens with two attached hydrogens (primary N) is 2. The van der Waals surface area contributed by atoms with Gasteiger partial charge in [-0.15, -0.1) is 0 Å². The summed E-state index contributed by atoms with van der Waals surface area (Å²) in [7, 11) is 1.87. The van der Waals surface area contributed by atoms with Crippen molar-refractivity contribution in [2.24, 2.45) is 12.8 Å². The van der Waals surface area contributed by atoms with E-state index in [1.54, 1.807) is 22.9 Å². The molecule has 2 aromatic rings. The maximum Gasteiger partial charge on any atom is 0.248 e. The lowest BCUT2D eigenvalue weighted by Gasteiger charge is -2.10. The molecule has 0 aliphatic rings. The predicted octanol–water partition coefficient (Wildman–Crippen LogP) is 1.02.